The molecular formula is C7H9N5. The van der Waals surface area contributed by atoms with Gasteiger partial charge in [0.15, 0.2) is 5.69 Å². The molecule has 0 amide bonds. The third-order valence-corrected chi connectivity index (χ3v) is 2.06. The predicted octanol–water partition coefficient (Wildman–Crippen LogP) is -0.405. The second-order valence-electron chi connectivity index (χ2n) is 2.96. The Morgan fingerprint density at radius 3 is 3.08 bits per heavy atom. The summed E-state index contributed by atoms with van der Waals surface area (Å²) in [5.74, 6) is 0. The van der Waals surface area contributed by atoms with Gasteiger partial charge in [-0.15, -0.1) is 5.10 Å². The van der Waals surface area contributed by atoms with Crippen LogP contribution in [0.1, 0.15) is 11.4 Å². The number of nitrogens with zero attached hydrogens (tertiary/aromatic N) is 5. The van der Waals surface area contributed by atoms with Crippen molar-refractivity contribution < 1.29 is 0 Å². The second kappa shape index (κ2) is 2.57. The van der Waals surface area contributed by atoms with Crippen molar-refractivity contribution in [3.05, 3.63) is 11.4 Å². The fourth-order valence-corrected chi connectivity index (χ4v) is 1.36. The molecule has 0 N–H and O–H groups in total. The molecule has 0 unspecified atom stereocenters. The van der Waals surface area contributed by atoms with E-state index in [4.69, 9.17) is 5.26 Å². The van der Waals surface area contributed by atoms with Crippen molar-refractivity contribution in [2.45, 2.75) is 13.1 Å². The molecular weight excluding hydrogens is 154 g/mol. The molecule has 2 rings (SSSR count). The van der Waals surface area contributed by atoms with Crippen LogP contribution in [0, 0.1) is 11.3 Å². The molecule has 0 saturated carbocycles. The van der Waals surface area contributed by atoms with Gasteiger partial charge in [0.05, 0.1) is 12.2 Å². The lowest BCUT2D eigenvalue weighted by Crippen LogP contribution is -2.30. The number of rotatable bonds is 0. The highest BCUT2D eigenvalue weighted by atomic mass is 15.5. The van der Waals surface area contributed by atoms with Crippen LogP contribution in [-0.4, -0.2) is 33.5 Å². The molecule has 12 heavy (non-hydrogen) atoms. The highest BCUT2D eigenvalue weighted by Gasteiger charge is 2.18. The van der Waals surface area contributed by atoms with Crippen LogP contribution in [0.15, 0.2) is 0 Å². The number of aromatic nitrogens is 3. The molecule has 0 fully saturated rings. The summed E-state index contributed by atoms with van der Waals surface area (Å²) < 4.78 is 1.80. The summed E-state index contributed by atoms with van der Waals surface area (Å²) in [6, 6.07) is 2.03. The van der Waals surface area contributed by atoms with E-state index in [9.17, 15) is 0 Å². The van der Waals surface area contributed by atoms with E-state index in [1.54, 1.807) is 4.68 Å². The van der Waals surface area contributed by atoms with Gasteiger partial charge in [0.1, 0.15) is 6.07 Å². The maximum Gasteiger partial charge on any atom is 0.187 e. The quantitative estimate of drug-likeness (QED) is 0.522. The Bertz CT molecular complexity index is 334. The normalized spacial score (nSPS) is 17.0. The van der Waals surface area contributed by atoms with E-state index < -0.39 is 0 Å². The van der Waals surface area contributed by atoms with Crippen LogP contribution in [0.5, 0.6) is 0 Å². The number of nitriles is 1. The van der Waals surface area contributed by atoms with Crippen molar-refractivity contribution in [1.82, 2.24) is 19.9 Å². The minimum atomic E-state index is 0.460. The predicted molar refractivity (Wildman–Crippen MR) is 41.1 cm³/mol. The van der Waals surface area contributed by atoms with E-state index in [1.807, 2.05) is 13.1 Å². The summed E-state index contributed by atoms with van der Waals surface area (Å²) in [5.41, 5.74) is 1.40. The van der Waals surface area contributed by atoms with Crippen molar-refractivity contribution >= 4 is 0 Å². The lowest BCUT2D eigenvalue weighted by Gasteiger charge is -2.22. The van der Waals surface area contributed by atoms with Gasteiger partial charge in [0.25, 0.3) is 0 Å². The minimum absolute atomic E-state index is 0.460. The van der Waals surface area contributed by atoms with Gasteiger partial charge in [0.2, 0.25) is 0 Å². The lowest BCUT2D eigenvalue weighted by molar-refractivity contribution is 0.257. The van der Waals surface area contributed by atoms with Gasteiger partial charge in [-0.3, -0.25) is 4.90 Å². The highest BCUT2D eigenvalue weighted by molar-refractivity contribution is 5.25. The number of hydrogen-bond acceptors (Lipinski definition) is 4. The zero-order chi connectivity index (χ0) is 8.55. The molecule has 0 aromatic carbocycles. The van der Waals surface area contributed by atoms with Crippen LogP contribution >= 0.6 is 0 Å². The zero-order valence-electron chi connectivity index (χ0n) is 6.86. The number of likely N-dealkylation sites (N-methyl/N-ethyl adjacent to an activating group) is 1. The smallest absolute Gasteiger partial charge is 0.187 e. The summed E-state index contributed by atoms with van der Waals surface area (Å²) in [6.07, 6.45) is 0. The van der Waals surface area contributed by atoms with Crippen LogP contribution in [0.3, 0.4) is 0 Å². The van der Waals surface area contributed by atoms with Crippen LogP contribution < -0.4 is 0 Å². The molecule has 0 atom stereocenters. The first kappa shape index (κ1) is 7.25. The van der Waals surface area contributed by atoms with Crippen LogP contribution in [0.4, 0.5) is 0 Å². The molecule has 0 radical (unpaired) electrons. The fraction of sp³-hybridized carbons (Fsp3) is 0.571. The van der Waals surface area contributed by atoms with Crippen molar-refractivity contribution in [3.63, 3.8) is 0 Å². The zero-order valence-corrected chi connectivity index (χ0v) is 6.86. The monoisotopic (exact) mass is 163 g/mol. The second-order valence-corrected chi connectivity index (χ2v) is 2.96. The Labute approximate surface area is 70.2 Å². The fourth-order valence-electron chi connectivity index (χ4n) is 1.36. The van der Waals surface area contributed by atoms with Gasteiger partial charge >= 0.3 is 0 Å². The van der Waals surface area contributed by atoms with Crippen LogP contribution in [-0.2, 0) is 13.1 Å². The van der Waals surface area contributed by atoms with Gasteiger partial charge in [-0.05, 0) is 7.05 Å². The molecule has 62 valence electrons. The Hall–Kier alpha value is -1.41. The molecule has 2 heterocycles. The summed E-state index contributed by atoms with van der Waals surface area (Å²) >= 11 is 0. The first-order chi connectivity index (χ1) is 5.81. The molecule has 1 aliphatic rings. The third-order valence-electron chi connectivity index (χ3n) is 2.06. The largest absolute Gasteiger partial charge is 0.299 e. The van der Waals surface area contributed by atoms with E-state index in [-0.39, 0.29) is 0 Å². The molecule has 0 aliphatic carbocycles. The molecule has 0 saturated heterocycles. The average Bonchev–Trinajstić information content (AvgIpc) is 2.46. The van der Waals surface area contributed by atoms with E-state index in [0.717, 1.165) is 25.3 Å². The molecule has 5 heteroatoms. The number of fused-ring (bicyclic) bond motifs is 1. The van der Waals surface area contributed by atoms with Crippen molar-refractivity contribution in [2.24, 2.45) is 0 Å². The van der Waals surface area contributed by atoms with E-state index in [0.29, 0.717) is 5.69 Å². The van der Waals surface area contributed by atoms with E-state index >= 15 is 0 Å². The minimum Gasteiger partial charge on any atom is -0.299 e. The van der Waals surface area contributed by atoms with Crippen LogP contribution in [0.2, 0.25) is 0 Å². The summed E-state index contributed by atoms with van der Waals surface area (Å²) in [6.45, 7) is 2.58. The topological polar surface area (TPSA) is 57.7 Å². The summed E-state index contributed by atoms with van der Waals surface area (Å²) in [4.78, 5) is 2.15. The van der Waals surface area contributed by atoms with Gasteiger partial charge in [-0.1, -0.05) is 5.21 Å². The van der Waals surface area contributed by atoms with Gasteiger partial charge < -0.3 is 0 Å². The lowest BCUT2D eigenvalue weighted by atomic mass is 10.2. The Morgan fingerprint density at radius 2 is 2.33 bits per heavy atom. The van der Waals surface area contributed by atoms with Crippen LogP contribution in [0.25, 0.3) is 0 Å². The average molecular weight is 163 g/mol. The van der Waals surface area contributed by atoms with Gasteiger partial charge in [0, 0.05) is 13.1 Å². The first-order valence-corrected chi connectivity index (χ1v) is 3.82. The first-order valence-electron chi connectivity index (χ1n) is 3.82. The van der Waals surface area contributed by atoms with Gasteiger partial charge in [-0.25, -0.2) is 4.68 Å². The Balaban J connectivity index is 2.42. The number of hydrogen-bond donors (Lipinski definition) is 0. The van der Waals surface area contributed by atoms with Crippen molar-refractivity contribution in [3.8, 4) is 6.07 Å². The molecule has 0 bridgehead atoms. The standard InChI is InChI=1S/C7H9N5/c1-11-2-3-12-7(5-11)6(4-8)9-10-12/h2-3,5H2,1H3. The Kier molecular flexibility index (Phi) is 1.55. The maximum absolute atomic E-state index is 8.68. The third kappa shape index (κ3) is 0.970. The Morgan fingerprint density at radius 1 is 1.50 bits per heavy atom. The molecule has 1 aliphatic heterocycles. The molecule has 5 nitrogen and oxygen atoms in total. The maximum atomic E-state index is 8.68. The SMILES string of the molecule is CN1CCn2nnc(C#N)c2C1. The molecule has 1 aromatic rings. The summed E-state index contributed by atoms with van der Waals surface area (Å²) in [7, 11) is 2.03. The summed E-state index contributed by atoms with van der Waals surface area (Å²) in [5, 5.41) is 16.3. The van der Waals surface area contributed by atoms with E-state index in [2.05, 4.69) is 15.2 Å². The van der Waals surface area contributed by atoms with E-state index in [1.165, 1.54) is 0 Å². The van der Waals surface area contributed by atoms with Crippen molar-refractivity contribution in [2.75, 3.05) is 13.6 Å². The van der Waals surface area contributed by atoms with Crippen molar-refractivity contribution in [1.29, 1.82) is 5.26 Å². The molecule has 1 aromatic heterocycles. The highest BCUT2D eigenvalue weighted by Crippen LogP contribution is 2.11. The van der Waals surface area contributed by atoms with Gasteiger partial charge in [-0.2, -0.15) is 5.26 Å². The molecule has 0 spiro atoms.